The highest BCUT2D eigenvalue weighted by molar-refractivity contribution is 8.01. The molecule has 1 N–H and O–H groups in total. The first-order valence-corrected chi connectivity index (χ1v) is 12.5. The van der Waals surface area contributed by atoms with Crippen LogP contribution < -0.4 is 5.32 Å². The van der Waals surface area contributed by atoms with E-state index in [0.717, 1.165) is 27.7 Å². The van der Waals surface area contributed by atoms with E-state index in [1.54, 1.807) is 30.3 Å². The lowest BCUT2D eigenvalue weighted by Crippen LogP contribution is -2.07. The summed E-state index contributed by atoms with van der Waals surface area (Å²) in [6.07, 6.45) is 1.76. The predicted molar refractivity (Wildman–Crippen MR) is 142 cm³/mol. The van der Waals surface area contributed by atoms with E-state index in [9.17, 15) is 8.42 Å². The van der Waals surface area contributed by atoms with Crippen molar-refractivity contribution in [2.75, 3.05) is 5.32 Å². The number of rotatable bonds is 6. The second kappa shape index (κ2) is 9.38. The summed E-state index contributed by atoms with van der Waals surface area (Å²) < 4.78 is 28.2. The van der Waals surface area contributed by atoms with Crippen molar-refractivity contribution in [1.82, 2.24) is 0 Å². The second-order valence-corrected chi connectivity index (χ2v) is 9.85. The minimum Gasteiger partial charge on any atom is -0.355 e. The van der Waals surface area contributed by atoms with Crippen LogP contribution in [0.25, 0.3) is 21.8 Å². The molecule has 0 radical (unpaired) electrons. The van der Waals surface area contributed by atoms with Gasteiger partial charge in [0.15, 0.2) is 0 Å². The molecule has 3 nitrogen and oxygen atoms in total. The summed E-state index contributed by atoms with van der Waals surface area (Å²) >= 11 is 0. The summed E-state index contributed by atoms with van der Waals surface area (Å²) in [6, 6.07) is 39.8. The molecule has 0 saturated carbocycles. The molecule has 5 aromatic rings. The SMILES string of the molecule is O=S(=O)(/C(=C/c1ccccc1)c1c(Nc2ccccc2)ccc2ccccc12)c1ccccc1. The van der Waals surface area contributed by atoms with Crippen LogP contribution in [0.5, 0.6) is 0 Å². The van der Waals surface area contributed by atoms with Gasteiger partial charge in [0, 0.05) is 16.9 Å². The van der Waals surface area contributed by atoms with Crippen molar-refractivity contribution in [2.45, 2.75) is 4.90 Å². The molecule has 0 saturated heterocycles. The topological polar surface area (TPSA) is 46.2 Å². The first-order chi connectivity index (χ1) is 16.6. The van der Waals surface area contributed by atoms with Gasteiger partial charge in [-0.3, -0.25) is 0 Å². The van der Waals surface area contributed by atoms with Crippen molar-refractivity contribution >= 4 is 43.0 Å². The highest BCUT2D eigenvalue weighted by atomic mass is 32.2. The van der Waals surface area contributed by atoms with Crippen LogP contribution in [0, 0.1) is 0 Å². The third-order valence-electron chi connectivity index (χ3n) is 5.67. The first-order valence-electron chi connectivity index (χ1n) is 11.0. The minimum absolute atomic E-state index is 0.250. The van der Waals surface area contributed by atoms with Crippen molar-refractivity contribution in [1.29, 1.82) is 0 Å². The molecule has 5 rings (SSSR count). The number of hydrogen-bond acceptors (Lipinski definition) is 3. The number of para-hydroxylation sites is 1. The fraction of sp³-hybridized carbons (Fsp3) is 0. The Morgan fingerprint density at radius 1 is 0.618 bits per heavy atom. The third-order valence-corrected chi connectivity index (χ3v) is 7.46. The lowest BCUT2D eigenvalue weighted by Gasteiger charge is -2.18. The van der Waals surface area contributed by atoms with E-state index in [0.29, 0.717) is 5.56 Å². The van der Waals surface area contributed by atoms with Gasteiger partial charge < -0.3 is 5.32 Å². The Morgan fingerprint density at radius 3 is 1.91 bits per heavy atom. The van der Waals surface area contributed by atoms with E-state index >= 15 is 0 Å². The maximum absolute atomic E-state index is 14.1. The number of benzene rings is 5. The zero-order valence-electron chi connectivity index (χ0n) is 18.4. The van der Waals surface area contributed by atoms with Gasteiger partial charge in [0.1, 0.15) is 0 Å². The van der Waals surface area contributed by atoms with Crippen LogP contribution >= 0.6 is 0 Å². The van der Waals surface area contributed by atoms with Crippen LogP contribution in [0.2, 0.25) is 0 Å². The predicted octanol–water partition coefficient (Wildman–Crippen LogP) is 7.56. The quantitative estimate of drug-likeness (QED) is 0.265. The average Bonchev–Trinajstić information content (AvgIpc) is 2.89. The fourth-order valence-corrected chi connectivity index (χ4v) is 5.58. The highest BCUT2D eigenvalue weighted by Gasteiger charge is 2.26. The van der Waals surface area contributed by atoms with E-state index in [1.807, 2.05) is 103 Å². The Bertz CT molecular complexity index is 1560. The number of sulfone groups is 1. The van der Waals surface area contributed by atoms with Crippen LogP contribution in [0.4, 0.5) is 11.4 Å². The summed E-state index contributed by atoms with van der Waals surface area (Å²) in [7, 11) is -3.84. The van der Waals surface area contributed by atoms with Gasteiger partial charge in [-0.05, 0) is 52.7 Å². The number of hydrogen-bond donors (Lipinski definition) is 1. The van der Waals surface area contributed by atoms with Crippen LogP contribution in [-0.2, 0) is 9.84 Å². The van der Waals surface area contributed by atoms with Gasteiger partial charge in [-0.1, -0.05) is 97.1 Å². The molecule has 0 aliphatic carbocycles. The van der Waals surface area contributed by atoms with Crippen molar-refractivity contribution in [2.24, 2.45) is 0 Å². The zero-order valence-corrected chi connectivity index (χ0v) is 19.2. The van der Waals surface area contributed by atoms with Crippen molar-refractivity contribution < 1.29 is 8.42 Å². The lowest BCUT2D eigenvalue weighted by molar-refractivity contribution is 0.606. The van der Waals surface area contributed by atoms with E-state index < -0.39 is 9.84 Å². The van der Waals surface area contributed by atoms with E-state index in [-0.39, 0.29) is 9.80 Å². The second-order valence-electron chi connectivity index (χ2n) is 7.94. The van der Waals surface area contributed by atoms with Crippen LogP contribution in [-0.4, -0.2) is 8.42 Å². The van der Waals surface area contributed by atoms with Crippen molar-refractivity contribution in [3.05, 3.63) is 139 Å². The molecule has 0 unspecified atom stereocenters. The molecule has 0 fully saturated rings. The molecular formula is C30H23NO2S. The molecule has 0 aliphatic rings. The number of fused-ring (bicyclic) bond motifs is 1. The van der Waals surface area contributed by atoms with Gasteiger partial charge in [-0.15, -0.1) is 0 Å². The van der Waals surface area contributed by atoms with E-state index in [2.05, 4.69) is 5.32 Å². The van der Waals surface area contributed by atoms with Crippen LogP contribution in [0.1, 0.15) is 11.1 Å². The van der Waals surface area contributed by atoms with E-state index in [4.69, 9.17) is 0 Å². The minimum atomic E-state index is -3.84. The molecule has 4 heteroatoms. The Morgan fingerprint density at radius 2 is 1.21 bits per heavy atom. The van der Waals surface area contributed by atoms with Gasteiger partial charge in [-0.2, -0.15) is 0 Å². The fourth-order valence-electron chi connectivity index (χ4n) is 4.03. The molecule has 166 valence electrons. The normalized spacial score (nSPS) is 11.9. The average molecular weight is 462 g/mol. The molecule has 5 aromatic carbocycles. The highest BCUT2D eigenvalue weighted by Crippen LogP contribution is 2.40. The Hall–Kier alpha value is -4.15. The Kier molecular flexibility index (Phi) is 5.98. The molecule has 0 aromatic heterocycles. The summed E-state index contributed by atoms with van der Waals surface area (Å²) in [4.78, 5) is 0.510. The van der Waals surface area contributed by atoms with Gasteiger partial charge in [0.25, 0.3) is 0 Å². The molecule has 0 spiro atoms. The lowest BCUT2D eigenvalue weighted by atomic mass is 10.0. The van der Waals surface area contributed by atoms with Gasteiger partial charge in [0.05, 0.1) is 9.80 Å². The van der Waals surface area contributed by atoms with Crippen LogP contribution in [0.3, 0.4) is 0 Å². The third kappa shape index (κ3) is 4.36. The summed E-state index contributed by atoms with van der Waals surface area (Å²) in [5.41, 5.74) is 3.08. The maximum atomic E-state index is 14.1. The standard InChI is InChI=1S/C30H23NO2S/c32-34(33,26-17-8-3-9-18-26)29(22-23-12-4-1-5-13-23)30-27-19-11-10-14-24(27)20-21-28(30)31-25-15-6-2-7-16-25/h1-22,31H/b29-22+. The maximum Gasteiger partial charge on any atom is 0.207 e. The Labute approximate surface area is 199 Å². The molecule has 0 bridgehead atoms. The summed E-state index contributed by atoms with van der Waals surface area (Å²) in [5.74, 6) is 0. The monoisotopic (exact) mass is 461 g/mol. The molecule has 0 atom stereocenters. The zero-order chi connectivity index (χ0) is 23.4. The largest absolute Gasteiger partial charge is 0.355 e. The first kappa shape index (κ1) is 21.7. The van der Waals surface area contributed by atoms with Gasteiger partial charge in [-0.25, -0.2) is 8.42 Å². The van der Waals surface area contributed by atoms with Crippen molar-refractivity contribution in [3.8, 4) is 0 Å². The van der Waals surface area contributed by atoms with Crippen LogP contribution in [0.15, 0.2) is 132 Å². The molecule has 0 aliphatic heterocycles. The molecule has 0 heterocycles. The Balaban J connectivity index is 1.82. The summed E-state index contributed by atoms with van der Waals surface area (Å²) in [5, 5.41) is 5.29. The number of nitrogens with one attached hydrogen (secondary N) is 1. The number of anilines is 2. The van der Waals surface area contributed by atoms with Crippen molar-refractivity contribution in [3.63, 3.8) is 0 Å². The van der Waals surface area contributed by atoms with Gasteiger partial charge >= 0.3 is 0 Å². The molecule has 0 amide bonds. The van der Waals surface area contributed by atoms with E-state index in [1.165, 1.54) is 0 Å². The van der Waals surface area contributed by atoms with Gasteiger partial charge in [0.2, 0.25) is 9.84 Å². The smallest absolute Gasteiger partial charge is 0.207 e. The molecule has 34 heavy (non-hydrogen) atoms. The summed E-state index contributed by atoms with van der Waals surface area (Å²) in [6.45, 7) is 0. The molecular weight excluding hydrogens is 438 g/mol.